The van der Waals surface area contributed by atoms with Gasteiger partial charge >= 0.3 is 0 Å². The van der Waals surface area contributed by atoms with Gasteiger partial charge in [0.1, 0.15) is 11.6 Å². The van der Waals surface area contributed by atoms with Crippen LogP contribution in [0.3, 0.4) is 0 Å². The van der Waals surface area contributed by atoms with E-state index in [1.807, 2.05) is 0 Å². The Labute approximate surface area is 119 Å². The normalized spacial score (nSPS) is 29.9. The average molecular weight is 279 g/mol. The predicted molar refractivity (Wildman–Crippen MR) is 76.3 cm³/mol. The molecule has 0 saturated heterocycles. The summed E-state index contributed by atoms with van der Waals surface area (Å²) in [5.74, 6) is 1.02. The number of hydrogen-bond acceptors (Lipinski definition) is 1. The molecular formula is C17H23F2N. The van der Waals surface area contributed by atoms with E-state index in [2.05, 4.69) is 12.2 Å². The maximum Gasteiger partial charge on any atom is 0.130 e. The van der Waals surface area contributed by atoms with E-state index >= 15 is 0 Å². The molecule has 0 radical (unpaired) electrons. The fraction of sp³-hybridized carbons (Fsp3) is 0.647. The van der Waals surface area contributed by atoms with Crippen LogP contribution in [0.4, 0.5) is 8.78 Å². The van der Waals surface area contributed by atoms with E-state index < -0.39 is 11.6 Å². The predicted octanol–water partition coefficient (Wildman–Crippen LogP) is 4.44. The van der Waals surface area contributed by atoms with Gasteiger partial charge in [0.15, 0.2) is 0 Å². The van der Waals surface area contributed by atoms with E-state index in [0.717, 1.165) is 25.3 Å². The molecule has 2 aliphatic carbocycles. The van der Waals surface area contributed by atoms with Crippen LogP contribution in [-0.4, -0.2) is 6.54 Å². The molecule has 0 amide bonds. The summed E-state index contributed by atoms with van der Waals surface area (Å²) in [6.45, 7) is 2.90. The van der Waals surface area contributed by atoms with Gasteiger partial charge in [-0.1, -0.05) is 19.4 Å². The zero-order valence-electron chi connectivity index (χ0n) is 12.0. The smallest absolute Gasteiger partial charge is 0.130 e. The third-order valence-electron chi connectivity index (χ3n) is 5.15. The first-order chi connectivity index (χ1) is 9.70. The lowest BCUT2D eigenvalue weighted by atomic mass is 9.80. The maximum atomic E-state index is 14.1. The van der Waals surface area contributed by atoms with Gasteiger partial charge in [-0.25, -0.2) is 8.78 Å². The number of halogens is 2. The Bertz CT molecular complexity index is 454. The number of hydrogen-bond donors (Lipinski definition) is 1. The largest absolute Gasteiger partial charge is 0.310 e. The number of fused-ring (bicyclic) bond motifs is 2. The average Bonchev–Trinajstić information content (AvgIpc) is 3.04. The molecule has 0 heterocycles. The minimum Gasteiger partial charge on any atom is -0.310 e. The Balaban J connectivity index is 1.90. The minimum atomic E-state index is -0.402. The zero-order chi connectivity index (χ0) is 14.1. The van der Waals surface area contributed by atoms with Crippen LogP contribution < -0.4 is 5.32 Å². The monoisotopic (exact) mass is 279 g/mol. The van der Waals surface area contributed by atoms with Crippen LogP contribution >= 0.6 is 0 Å². The van der Waals surface area contributed by atoms with Crippen molar-refractivity contribution in [2.75, 3.05) is 6.54 Å². The summed E-state index contributed by atoms with van der Waals surface area (Å²) >= 11 is 0. The highest BCUT2D eigenvalue weighted by molar-refractivity contribution is 5.25. The van der Waals surface area contributed by atoms with Crippen LogP contribution in [0.5, 0.6) is 0 Å². The molecule has 0 spiro atoms. The molecule has 2 fully saturated rings. The van der Waals surface area contributed by atoms with E-state index in [1.54, 1.807) is 0 Å². The molecule has 0 aromatic heterocycles. The minimum absolute atomic E-state index is 0.161. The Morgan fingerprint density at radius 3 is 2.50 bits per heavy atom. The molecule has 1 nitrogen and oxygen atoms in total. The van der Waals surface area contributed by atoms with E-state index in [0.29, 0.717) is 11.8 Å². The van der Waals surface area contributed by atoms with E-state index in [-0.39, 0.29) is 11.6 Å². The molecule has 1 aromatic rings. The van der Waals surface area contributed by atoms with Gasteiger partial charge < -0.3 is 5.32 Å². The lowest BCUT2D eigenvalue weighted by Gasteiger charge is -2.32. The third-order valence-corrected chi connectivity index (χ3v) is 5.15. The number of rotatable bonds is 5. The molecule has 2 bridgehead atoms. The van der Waals surface area contributed by atoms with Gasteiger partial charge in [0.05, 0.1) is 0 Å². The third kappa shape index (κ3) is 2.48. The standard InChI is InChI=1S/C17H23F2N/c1-2-8-20-17(13-10-11-6-7-12(13)9-11)16-14(18)4-3-5-15(16)19/h3-5,11-13,17,20H,2,6-10H2,1H3. The molecule has 2 saturated carbocycles. The van der Waals surface area contributed by atoms with E-state index in [9.17, 15) is 8.78 Å². The zero-order valence-corrected chi connectivity index (χ0v) is 12.0. The number of benzene rings is 1. The van der Waals surface area contributed by atoms with Gasteiger partial charge in [0.25, 0.3) is 0 Å². The Kier molecular flexibility index (Phi) is 4.06. The van der Waals surface area contributed by atoms with Gasteiger partial charge in [0, 0.05) is 11.6 Å². The summed E-state index contributed by atoms with van der Waals surface area (Å²) < 4.78 is 28.3. The van der Waals surface area contributed by atoms with Gasteiger partial charge in [-0.05, 0) is 62.1 Å². The molecule has 4 unspecified atom stereocenters. The molecule has 20 heavy (non-hydrogen) atoms. The summed E-state index contributed by atoms with van der Waals surface area (Å²) in [5, 5.41) is 3.41. The Morgan fingerprint density at radius 1 is 1.20 bits per heavy atom. The lowest BCUT2D eigenvalue weighted by molar-refractivity contribution is 0.242. The van der Waals surface area contributed by atoms with Crippen LogP contribution in [0.1, 0.15) is 50.6 Å². The summed E-state index contributed by atoms with van der Waals surface area (Å²) in [6, 6.07) is 4.05. The van der Waals surface area contributed by atoms with Crippen LogP contribution in [0, 0.1) is 29.4 Å². The molecule has 3 heteroatoms. The summed E-state index contributed by atoms with van der Waals surface area (Å²) in [6.07, 6.45) is 5.90. The molecule has 110 valence electrons. The highest BCUT2D eigenvalue weighted by atomic mass is 19.1. The van der Waals surface area contributed by atoms with Gasteiger partial charge in [-0.3, -0.25) is 0 Å². The summed E-state index contributed by atoms with van der Waals surface area (Å²) in [4.78, 5) is 0. The fourth-order valence-electron chi connectivity index (χ4n) is 4.28. The van der Waals surface area contributed by atoms with Crippen molar-refractivity contribution < 1.29 is 8.78 Å². The van der Waals surface area contributed by atoms with Crippen molar-refractivity contribution in [1.82, 2.24) is 5.32 Å². The van der Waals surface area contributed by atoms with E-state index in [4.69, 9.17) is 0 Å². The fourth-order valence-corrected chi connectivity index (χ4v) is 4.28. The molecule has 3 rings (SSSR count). The topological polar surface area (TPSA) is 12.0 Å². The van der Waals surface area contributed by atoms with Crippen LogP contribution in [0.2, 0.25) is 0 Å². The molecule has 0 aliphatic heterocycles. The first-order valence-electron chi connectivity index (χ1n) is 7.88. The Morgan fingerprint density at radius 2 is 1.95 bits per heavy atom. The molecule has 1 N–H and O–H groups in total. The van der Waals surface area contributed by atoms with Crippen molar-refractivity contribution in [3.63, 3.8) is 0 Å². The van der Waals surface area contributed by atoms with Gasteiger partial charge in [0.2, 0.25) is 0 Å². The molecule has 2 aliphatic rings. The first kappa shape index (κ1) is 14.0. The van der Waals surface area contributed by atoms with E-state index in [1.165, 1.54) is 37.5 Å². The quantitative estimate of drug-likeness (QED) is 0.840. The van der Waals surface area contributed by atoms with Crippen molar-refractivity contribution in [1.29, 1.82) is 0 Å². The van der Waals surface area contributed by atoms with Crippen molar-refractivity contribution in [3.8, 4) is 0 Å². The van der Waals surface area contributed by atoms with Crippen molar-refractivity contribution in [3.05, 3.63) is 35.4 Å². The van der Waals surface area contributed by atoms with Gasteiger partial charge in [-0.15, -0.1) is 0 Å². The number of nitrogens with one attached hydrogen (secondary N) is 1. The Hall–Kier alpha value is -0.960. The second-order valence-electron chi connectivity index (χ2n) is 6.41. The molecule has 1 aromatic carbocycles. The SMILES string of the molecule is CCCNC(c1c(F)cccc1F)C1CC2CCC1C2. The molecular weight excluding hydrogens is 256 g/mol. The first-order valence-corrected chi connectivity index (χ1v) is 7.88. The van der Waals surface area contributed by atoms with Gasteiger partial charge in [-0.2, -0.15) is 0 Å². The second kappa shape index (κ2) is 5.80. The van der Waals surface area contributed by atoms with Crippen molar-refractivity contribution in [2.45, 2.75) is 45.1 Å². The highest BCUT2D eigenvalue weighted by Crippen LogP contribution is 2.53. The van der Waals surface area contributed by atoms with Crippen molar-refractivity contribution >= 4 is 0 Å². The molecule has 4 atom stereocenters. The van der Waals surface area contributed by atoms with Crippen LogP contribution in [-0.2, 0) is 0 Å². The second-order valence-corrected chi connectivity index (χ2v) is 6.41. The lowest BCUT2D eigenvalue weighted by Crippen LogP contribution is -2.33. The van der Waals surface area contributed by atoms with Crippen LogP contribution in [0.25, 0.3) is 0 Å². The van der Waals surface area contributed by atoms with Crippen molar-refractivity contribution in [2.24, 2.45) is 17.8 Å². The summed E-state index contributed by atoms with van der Waals surface area (Å²) in [5.41, 5.74) is 0.262. The highest BCUT2D eigenvalue weighted by Gasteiger charge is 2.44. The summed E-state index contributed by atoms with van der Waals surface area (Å²) in [7, 11) is 0. The van der Waals surface area contributed by atoms with Crippen LogP contribution in [0.15, 0.2) is 18.2 Å². The maximum absolute atomic E-state index is 14.1.